The summed E-state index contributed by atoms with van der Waals surface area (Å²) in [5, 5.41) is 0.674. The molecule has 0 radical (unpaired) electrons. The quantitative estimate of drug-likeness (QED) is 0.359. The van der Waals surface area contributed by atoms with Crippen LogP contribution in [0.3, 0.4) is 0 Å². The van der Waals surface area contributed by atoms with E-state index in [0.717, 1.165) is 43.4 Å². The first-order chi connectivity index (χ1) is 17.2. The summed E-state index contributed by atoms with van der Waals surface area (Å²) >= 11 is 0. The summed E-state index contributed by atoms with van der Waals surface area (Å²) in [5.41, 5.74) is 2.20. The van der Waals surface area contributed by atoms with Crippen LogP contribution in [-0.2, 0) is 6.18 Å². The maximum Gasteiger partial charge on any atom is 0.417 e. The lowest BCUT2D eigenvalue weighted by Gasteiger charge is -2.38. The molecule has 0 atom stereocenters. The van der Waals surface area contributed by atoms with Gasteiger partial charge in [-0.15, -0.1) is 0 Å². The van der Waals surface area contributed by atoms with Gasteiger partial charge in [0.15, 0.2) is 0 Å². The van der Waals surface area contributed by atoms with Crippen LogP contribution in [0, 0.1) is 0 Å². The Hall–Kier alpha value is -3.58. The van der Waals surface area contributed by atoms with Crippen molar-refractivity contribution in [2.24, 2.45) is 0 Å². The molecule has 1 N–H and O–H groups in total. The summed E-state index contributed by atoms with van der Waals surface area (Å²) in [7, 11) is 0. The highest BCUT2D eigenvalue weighted by atomic mass is 19.4. The average molecular weight is 492 g/mol. The van der Waals surface area contributed by atoms with Gasteiger partial charge >= 0.3 is 6.18 Å². The number of aromatic amines is 1. The van der Waals surface area contributed by atoms with Gasteiger partial charge in [-0.25, -0.2) is 0 Å². The van der Waals surface area contributed by atoms with Crippen LogP contribution in [0.25, 0.3) is 33.2 Å². The summed E-state index contributed by atoms with van der Waals surface area (Å²) in [6.07, 6.45) is -4.55. The van der Waals surface area contributed by atoms with Crippen LogP contribution in [0.5, 0.6) is 0 Å². The Kier molecular flexibility index (Phi) is 6.35. The molecule has 1 fully saturated rings. The SMILES string of the molecule is CC(C)N1CCN(c2ccc(-c3ccc4[nH]c(=O)c(-c5ccccc5C(F)(F)F)cc4c3)cc2)CC1. The van der Waals surface area contributed by atoms with Crippen molar-refractivity contribution in [1.82, 2.24) is 9.88 Å². The zero-order valence-corrected chi connectivity index (χ0v) is 20.3. The molecule has 0 bridgehead atoms. The van der Waals surface area contributed by atoms with Crippen molar-refractivity contribution in [1.29, 1.82) is 0 Å². The van der Waals surface area contributed by atoms with Crippen LogP contribution in [0.1, 0.15) is 19.4 Å². The maximum atomic E-state index is 13.6. The molecular weight excluding hydrogens is 463 g/mol. The van der Waals surface area contributed by atoms with Crippen LogP contribution in [-0.4, -0.2) is 42.1 Å². The Labute approximate surface area is 208 Å². The molecule has 2 heterocycles. The van der Waals surface area contributed by atoms with Gasteiger partial charge in [-0.3, -0.25) is 9.69 Å². The number of halogens is 3. The molecular formula is C29H28F3N3O. The Morgan fingerprint density at radius 2 is 1.47 bits per heavy atom. The van der Waals surface area contributed by atoms with E-state index in [1.165, 1.54) is 23.9 Å². The fourth-order valence-electron chi connectivity index (χ4n) is 4.91. The first-order valence-electron chi connectivity index (χ1n) is 12.1. The minimum Gasteiger partial charge on any atom is -0.369 e. The molecule has 1 aliphatic rings. The van der Waals surface area contributed by atoms with Gasteiger partial charge in [0.05, 0.1) is 5.56 Å². The molecule has 0 aliphatic carbocycles. The smallest absolute Gasteiger partial charge is 0.369 e. The molecule has 1 saturated heterocycles. The lowest BCUT2D eigenvalue weighted by Crippen LogP contribution is -2.48. The van der Waals surface area contributed by atoms with Crippen LogP contribution in [0.2, 0.25) is 0 Å². The zero-order chi connectivity index (χ0) is 25.4. The molecule has 7 heteroatoms. The average Bonchev–Trinajstić information content (AvgIpc) is 2.88. The Morgan fingerprint density at radius 3 is 2.14 bits per heavy atom. The number of piperazine rings is 1. The normalized spacial score (nSPS) is 15.1. The summed E-state index contributed by atoms with van der Waals surface area (Å²) in [4.78, 5) is 20.3. The van der Waals surface area contributed by atoms with Crippen molar-refractivity contribution < 1.29 is 13.2 Å². The molecule has 0 unspecified atom stereocenters. The summed E-state index contributed by atoms with van der Waals surface area (Å²) in [5.74, 6) is 0. The molecule has 1 aliphatic heterocycles. The van der Waals surface area contributed by atoms with E-state index in [-0.39, 0.29) is 11.1 Å². The van der Waals surface area contributed by atoms with Gasteiger partial charge in [-0.1, -0.05) is 36.4 Å². The first kappa shape index (κ1) is 24.1. The monoisotopic (exact) mass is 491 g/mol. The van der Waals surface area contributed by atoms with Gasteiger partial charge in [-0.2, -0.15) is 13.2 Å². The number of alkyl halides is 3. The molecule has 1 aromatic heterocycles. The van der Waals surface area contributed by atoms with Crippen molar-refractivity contribution in [2.45, 2.75) is 26.1 Å². The van der Waals surface area contributed by atoms with E-state index in [4.69, 9.17) is 0 Å². The van der Waals surface area contributed by atoms with E-state index >= 15 is 0 Å². The van der Waals surface area contributed by atoms with Crippen molar-refractivity contribution in [3.63, 3.8) is 0 Å². The number of pyridine rings is 1. The zero-order valence-electron chi connectivity index (χ0n) is 20.3. The summed E-state index contributed by atoms with van der Waals surface area (Å²) < 4.78 is 40.7. The Balaban J connectivity index is 1.45. The molecule has 0 amide bonds. The number of nitrogens with one attached hydrogen (secondary N) is 1. The molecule has 36 heavy (non-hydrogen) atoms. The second kappa shape index (κ2) is 9.47. The number of nitrogens with zero attached hydrogens (tertiary/aromatic N) is 2. The molecule has 5 rings (SSSR count). The molecule has 4 nitrogen and oxygen atoms in total. The van der Waals surface area contributed by atoms with Crippen molar-refractivity contribution in [3.8, 4) is 22.3 Å². The lowest BCUT2D eigenvalue weighted by atomic mass is 9.97. The largest absolute Gasteiger partial charge is 0.417 e. The Bertz CT molecular complexity index is 1430. The van der Waals surface area contributed by atoms with E-state index in [9.17, 15) is 18.0 Å². The highest BCUT2D eigenvalue weighted by Crippen LogP contribution is 2.36. The van der Waals surface area contributed by atoms with E-state index in [1.807, 2.05) is 12.1 Å². The van der Waals surface area contributed by atoms with Gasteiger partial charge in [0.1, 0.15) is 0 Å². The van der Waals surface area contributed by atoms with Crippen molar-refractivity contribution in [2.75, 3.05) is 31.1 Å². The number of fused-ring (bicyclic) bond motifs is 1. The van der Waals surface area contributed by atoms with Gasteiger partial charge in [0.25, 0.3) is 5.56 Å². The van der Waals surface area contributed by atoms with Crippen LogP contribution in [0.4, 0.5) is 18.9 Å². The van der Waals surface area contributed by atoms with Gasteiger partial charge < -0.3 is 9.88 Å². The fraction of sp³-hybridized carbons (Fsp3) is 0.276. The number of anilines is 1. The lowest BCUT2D eigenvalue weighted by molar-refractivity contribution is -0.137. The fourth-order valence-corrected chi connectivity index (χ4v) is 4.91. The first-order valence-corrected chi connectivity index (χ1v) is 12.1. The van der Waals surface area contributed by atoms with Crippen LogP contribution in [0.15, 0.2) is 77.6 Å². The van der Waals surface area contributed by atoms with E-state index in [0.29, 0.717) is 16.9 Å². The number of aromatic nitrogens is 1. The molecule has 0 spiro atoms. The second-order valence-electron chi connectivity index (χ2n) is 9.52. The topological polar surface area (TPSA) is 39.3 Å². The number of hydrogen-bond acceptors (Lipinski definition) is 3. The Morgan fingerprint density at radius 1 is 0.806 bits per heavy atom. The van der Waals surface area contributed by atoms with Gasteiger partial charge in [0.2, 0.25) is 0 Å². The van der Waals surface area contributed by atoms with Crippen LogP contribution < -0.4 is 10.5 Å². The third kappa shape index (κ3) is 4.75. The minimum absolute atomic E-state index is 0.00321. The number of benzene rings is 3. The summed E-state index contributed by atoms with van der Waals surface area (Å²) in [6, 6.07) is 21.2. The van der Waals surface area contributed by atoms with E-state index in [2.05, 4.69) is 52.9 Å². The standard InChI is InChI=1S/C29H28F3N3O/c1-19(2)34-13-15-35(16-14-34)23-10-7-20(8-11-23)21-9-12-27-22(17-21)18-25(28(36)33-27)24-5-3-4-6-26(24)29(30,31)32/h3-12,17-19H,13-16H2,1-2H3,(H,33,36). The van der Waals surface area contributed by atoms with Gasteiger partial charge in [0, 0.05) is 49.0 Å². The van der Waals surface area contributed by atoms with Crippen molar-refractivity contribution >= 4 is 16.6 Å². The molecule has 4 aromatic rings. The third-order valence-corrected chi connectivity index (χ3v) is 6.98. The van der Waals surface area contributed by atoms with E-state index < -0.39 is 17.3 Å². The molecule has 3 aromatic carbocycles. The van der Waals surface area contributed by atoms with E-state index in [1.54, 1.807) is 12.1 Å². The number of hydrogen-bond donors (Lipinski definition) is 1. The highest BCUT2D eigenvalue weighted by Gasteiger charge is 2.33. The summed E-state index contributed by atoms with van der Waals surface area (Å²) in [6.45, 7) is 8.51. The second-order valence-corrected chi connectivity index (χ2v) is 9.52. The highest BCUT2D eigenvalue weighted by molar-refractivity contribution is 5.88. The van der Waals surface area contributed by atoms with Gasteiger partial charge in [-0.05, 0) is 72.3 Å². The molecule has 186 valence electrons. The molecule has 0 saturated carbocycles. The predicted molar refractivity (Wildman–Crippen MR) is 139 cm³/mol. The number of H-pyrrole nitrogens is 1. The third-order valence-electron chi connectivity index (χ3n) is 6.98. The van der Waals surface area contributed by atoms with Crippen LogP contribution >= 0.6 is 0 Å². The number of rotatable bonds is 4. The maximum absolute atomic E-state index is 13.6. The predicted octanol–water partition coefficient (Wildman–Crippen LogP) is 6.41. The minimum atomic E-state index is -4.55. The van der Waals surface area contributed by atoms with Crippen molar-refractivity contribution in [3.05, 3.63) is 88.7 Å².